The number of anilines is 1. The molecular formula is C23H24N2O2S. The van der Waals surface area contributed by atoms with Gasteiger partial charge in [-0.15, -0.1) is 11.3 Å². The lowest BCUT2D eigenvalue weighted by Crippen LogP contribution is -2.33. The molecule has 3 aliphatic rings. The number of rotatable bonds is 3. The summed E-state index contributed by atoms with van der Waals surface area (Å²) < 4.78 is 0. The summed E-state index contributed by atoms with van der Waals surface area (Å²) in [4.78, 5) is 32.5. The molecule has 3 fully saturated rings. The third-order valence-corrected chi connectivity index (χ3v) is 7.60. The van der Waals surface area contributed by atoms with Crippen LogP contribution in [-0.2, 0) is 16.0 Å². The van der Waals surface area contributed by atoms with Crippen LogP contribution in [0.1, 0.15) is 39.2 Å². The number of hydrogen-bond acceptors (Lipinski definition) is 4. The van der Waals surface area contributed by atoms with Crippen molar-refractivity contribution in [2.75, 3.05) is 4.90 Å². The van der Waals surface area contributed by atoms with Gasteiger partial charge < -0.3 is 0 Å². The van der Waals surface area contributed by atoms with Crippen LogP contribution >= 0.6 is 11.3 Å². The third kappa shape index (κ3) is 2.38. The molecule has 5 heteroatoms. The minimum Gasteiger partial charge on any atom is -0.274 e. The average molecular weight is 393 g/mol. The van der Waals surface area contributed by atoms with Crippen LogP contribution in [0.3, 0.4) is 0 Å². The Kier molecular flexibility index (Phi) is 4.05. The zero-order valence-corrected chi connectivity index (χ0v) is 17.3. The molecule has 2 saturated carbocycles. The van der Waals surface area contributed by atoms with Crippen LogP contribution in [0.2, 0.25) is 0 Å². The van der Waals surface area contributed by atoms with Gasteiger partial charge in [0.05, 0.1) is 17.5 Å². The van der Waals surface area contributed by atoms with Gasteiger partial charge in [0.2, 0.25) is 11.8 Å². The summed E-state index contributed by atoms with van der Waals surface area (Å²) in [6.07, 6.45) is 3.07. The van der Waals surface area contributed by atoms with Crippen LogP contribution in [0.5, 0.6) is 0 Å². The number of carbonyl (C=O) groups excluding carboxylic acids is 2. The molecule has 4 atom stereocenters. The molecule has 28 heavy (non-hydrogen) atoms. The van der Waals surface area contributed by atoms with Gasteiger partial charge in [-0.2, -0.15) is 0 Å². The maximum Gasteiger partial charge on any atom is 0.240 e. The Labute approximate surface area is 169 Å². The van der Waals surface area contributed by atoms with Gasteiger partial charge in [0.25, 0.3) is 0 Å². The second-order valence-corrected chi connectivity index (χ2v) is 9.21. The lowest BCUT2D eigenvalue weighted by atomic mass is 9.81. The van der Waals surface area contributed by atoms with Gasteiger partial charge in [0.15, 0.2) is 5.13 Å². The van der Waals surface area contributed by atoms with E-state index in [2.05, 4.69) is 50.0 Å². The minimum absolute atomic E-state index is 0.0387. The number of benzene rings is 1. The highest BCUT2D eigenvalue weighted by molar-refractivity contribution is 7.14. The van der Waals surface area contributed by atoms with Gasteiger partial charge in [-0.25, -0.2) is 9.88 Å². The van der Waals surface area contributed by atoms with Crippen LogP contribution in [0.15, 0.2) is 40.8 Å². The predicted octanol–water partition coefficient (Wildman–Crippen LogP) is 4.85. The summed E-state index contributed by atoms with van der Waals surface area (Å²) in [5, 5.41) is 2.47. The molecule has 2 aliphatic carbocycles. The molecule has 2 amide bonds. The van der Waals surface area contributed by atoms with Crippen molar-refractivity contribution in [3.63, 3.8) is 0 Å². The number of thiazole rings is 1. The number of amides is 2. The summed E-state index contributed by atoms with van der Waals surface area (Å²) in [5.41, 5.74) is 5.80. The summed E-state index contributed by atoms with van der Waals surface area (Å²) in [7, 11) is 0. The van der Waals surface area contributed by atoms with Crippen LogP contribution in [-0.4, -0.2) is 16.8 Å². The number of fused-ring (bicyclic) bond motifs is 5. The summed E-state index contributed by atoms with van der Waals surface area (Å²) in [6.45, 7) is 6.36. The van der Waals surface area contributed by atoms with Crippen molar-refractivity contribution >= 4 is 28.3 Å². The topological polar surface area (TPSA) is 50.3 Å². The molecule has 0 spiro atoms. The van der Waals surface area contributed by atoms with E-state index in [1.54, 1.807) is 0 Å². The fourth-order valence-corrected chi connectivity index (χ4v) is 6.43. The number of aryl methyl sites for hydroxylation is 1. The van der Waals surface area contributed by atoms with E-state index in [4.69, 9.17) is 0 Å². The van der Waals surface area contributed by atoms with E-state index in [0.717, 1.165) is 30.5 Å². The van der Waals surface area contributed by atoms with E-state index in [1.165, 1.54) is 32.9 Å². The number of carbonyl (C=O) groups is 2. The SMILES string of the molecule is CCc1ccc(-c2csc(N3C(=O)C4C5CCC(C5=C(C)C)C4C3=O)n2)cc1. The minimum atomic E-state index is -0.174. The van der Waals surface area contributed by atoms with Crippen LogP contribution in [0, 0.1) is 23.7 Å². The Balaban J connectivity index is 1.46. The van der Waals surface area contributed by atoms with Crippen molar-refractivity contribution in [2.24, 2.45) is 23.7 Å². The molecule has 0 N–H and O–H groups in total. The van der Waals surface area contributed by atoms with Crippen molar-refractivity contribution in [2.45, 2.75) is 40.0 Å². The largest absolute Gasteiger partial charge is 0.274 e. The molecule has 1 aliphatic heterocycles. The highest BCUT2D eigenvalue weighted by Crippen LogP contribution is 2.60. The van der Waals surface area contributed by atoms with Gasteiger partial charge >= 0.3 is 0 Å². The van der Waals surface area contributed by atoms with E-state index >= 15 is 0 Å². The quantitative estimate of drug-likeness (QED) is 0.554. The molecule has 0 radical (unpaired) electrons. The summed E-state index contributed by atoms with van der Waals surface area (Å²) in [6, 6.07) is 8.32. The Bertz CT molecular complexity index is 968. The normalized spacial score (nSPS) is 28.4. The Morgan fingerprint density at radius 2 is 1.68 bits per heavy atom. The molecule has 2 heterocycles. The van der Waals surface area contributed by atoms with Crippen molar-refractivity contribution in [3.05, 3.63) is 46.4 Å². The van der Waals surface area contributed by atoms with Crippen LogP contribution in [0.25, 0.3) is 11.3 Å². The molecule has 1 aromatic carbocycles. The van der Waals surface area contributed by atoms with Crippen molar-refractivity contribution in [1.82, 2.24) is 4.98 Å². The Hall–Kier alpha value is -2.27. The third-order valence-electron chi connectivity index (χ3n) is 6.77. The van der Waals surface area contributed by atoms with E-state index < -0.39 is 0 Å². The van der Waals surface area contributed by atoms with Crippen LogP contribution in [0.4, 0.5) is 5.13 Å². The number of imide groups is 1. The van der Waals surface area contributed by atoms with Gasteiger partial charge in [0, 0.05) is 10.9 Å². The first-order valence-corrected chi connectivity index (χ1v) is 11.0. The Morgan fingerprint density at radius 3 is 2.21 bits per heavy atom. The maximum atomic E-state index is 13.2. The van der Waals surface area contributed by atoms with Crippen molar-refractivity contribution < 1.29 is 9.59 Å². The fourth-order valence-electron chi connectivity index (χ4n) is 5.59. The zero-order chi connectivity index (χ0) is 19.6. The second-order valence-electron chi connectivity index (χ2n) is 8.37. The van der Waals surface area contributed by atoms with Crippen molar-refractivity contribution in [1.29, 1.82) is 0 Å². The summed E-state index contributed by atoms with van der Waals surface area (Å²) >= 11 is 1.39. The molecular weight excluding hydrogens is 368 g/mol. The van der Waals surface area contributed by atoms with E-state index in [-0.39, 0.29) is 35.5 Å². The van der Waals surface area contributed by atoms with Crippen molar-refractivity contribution in [3.8, 4) is 11.3 Å². The lowest BCUT2D eigenvalue weighted by molar-refractivity contribution is -0.123. The molecule has 4 unspecified atom stereocenters. The first-order chi connectivity index (χ1) is 13.5. The van der Waals surface area contributed by atoms with Crippen LogP contribution < -0.4 is 4.90 Å². The number of hydrogen-bond donors (Lipinski definition) is 0. The summed E-state index contributed by atoms with van der Waals surface area (Å²) in [5.74, 6) is 0.0796. The molecule has 2 aromatic rings. The monoisotopic (exact) mass is 392 g/mol. The van der Waals surface area contributed by atoms with Gasteiger partial charge in [-0.1, -0.05) is 42.3 Å². The average Bonchev–Trinajstić information content (AvgIpc) is 3.44. The predicted molar refractivity (Wildman–Crippen MR) is 111 cm³/mol. The molecule has 5 rings (SSSR count). The molecule has 1 aromatic heterocycles. The van der Waals surface area contributed by atoms with Gasteiger partial charge in [-0.05, 0) is 50.5 Å². The van der Waals surface area contributed by atoms with Gasteiger partial charge in [-0.3, -0.25) is 9.59 Å². The molecule has 144 valence electrons. The Morgan fingerprint density at radius 1 is 1.07 bits per heavy atom. The highest BCUT2D eigenvalue weighted by Gasteiger charge is 2.64. The first kappa shape index (κ1) is 17.8. The standard InChI is InChI=1S/C23H24N2O2S/c1-4-13-5-7-14(8-6-13)17-11-28-23(24-17)25-21(26)19-15-9-10-16(18(15)12(2)3)20(19)22(25)27/h5-8,11,15-16,19-20H,4,9-10H2,1-3H3. The molecule has 1 saturated heterocycles. The molecule has 2 bridgehead atoms. The first-order valence-electron chi connectivity index (χ1n) is 10.1. The highest BCUT2D eigenvalue weighted by atomic mass is 32.1. The lowest BCUT2D eigenvalue weighted by Gasteiger charge is -2.18. The molecule has 4 nitrogen and oxygen atoms in total. The smallest absolute Gasteiger partial charge is 0.240 e. The second kappa shape index (κ2) is 6.38. The van der Waals surface area contributed by atoms with E-state index in [9.17, 15) is 9.59 Å². The van der Waals surface area contributed by atoms with E-state index in [0.29, 0.717) is 5.13 Å². The maximum absolute atomic E-state index is 13.2. The number of aromatic nitrogens is 1. The zero-order valence-electron chi connectivity index (χ0n) is 16.4. The van der Waals surface area contributed by atoms with Gasteiger partial charge in [0.1, 0.15) is 0 Å². The number of nitrogens with zero attached hydrogens (tertiary/aromatic N) is 2. The van der Waals surface area contributed by atoms with E-state index in [1.807, 2.05) is 5.38 Å². The fraction of sp³-hybridized carbons (Fsp3) is 0.435. The number of allylic oxidation sites excluding steroid dienone is 2.